The van der Waals surface area contributed by atoms with Crippen molar-refractivity contribution in [2.75, 3.05) is 25.0 Å². The molecule has 0 heterocycles. The Morgan fingerprint density at radius 2 is 1.68 bits per heavy atom. The van der Waals surface area contributed by atoms with Crippen LogP contribution in [0, 0.1) is 5.41 Å². The Kier molecular flexibility index (Phi) is 7.34. The highest BCUT2D eigenvalue weighted by molar-refractivity contribution is 7.86. The topological polar surface area (TPSA) is 76.7 Å². The van der Waals surface area contributed by atoms with Crippen molar-refractivity contribution in [2.24, 2.45) is 5.41 Å². The van der Waals surface area contributed by atoms with Gasteiger partial charge in [-0.25, -0.2) is 4.21 Å². The molecule has 3 aliphatic carbocycles. The van der Waals surface area contributed by atoms with Gasteiger partial charge in [0.05, 0.1) is 28.2 Å². The van der Waals surface area contributed by atoms with Crippen molar-refractivity contribution < 1.29 is 40.4 Å². The summed E-state index contributed by atoms with van der Waals surface area (Å²) < 4.78 is 95.0. The lowest BCUT2D eigenvalue weighted by Crippen LogP contribution is -2.78. The maximum absolute atomic E-state index is 14.7. The maximum atomic E-state index is 14.7. The van der Waals surface area contributed by atoms with Crippen molar-refractivity contribution in [1.82, 2.24) is 5.32 Å². The van der Waals surface area contributed by atoms with Crippen LogP contribution in [-0.2, 0) is 21.6 Å². The Bertz CT molecular complexity index is 1240. The van der Waals surface area contributed by atoms with E-state index in [0.29, 0.717) is 19.0 Å². The predicted octanol–water partition coefficient (Wildman–Crippen LogP) is 5.73. The van der Waals surface area contributed by atoms with Crippen molar-refractivity contribution in [3.8, 4) is 5.75 Å². The largest absolute Gasteiger partial charge is 0.491 e. The highest BCUT2D eigenvalue weighted by Crippen LogP contribution is 2.73. The number of nitrogens with one attached hydrogen (secondary N) is 2. The van der Waals surface area contributed by atoms with E-state index in [1.165, 1.54) is 19.2 Å². The van der Waals surface area contributed by atoms with Gasteiger partial charge in [-0.3, -0.25) is 4.79 Å². The number of amides is 1. The molecule has 3 fully saturated rings. The zero-order valence-corrected chi connectivity index (χ0v) is 21.5. The highest BCUT2D eigenvalue weighted by atomic mass is 32.2. The molecule has 3 saturated carbocycles. The summed E-state index contributed by atoms with van der Waals surface area (Å²) in [6, 6.07) is 9.35. The van der Waals surface area contributed by atoms with Crippen molar-refractivity contribution >= 4 is 22.6 Å². The summed E-state index contributed by atoms with van der Waals surface area (Å²) in [7, 11) is -0.436. The number of alkyl halides is 5. The first kappa shape index (κ1) is 28.0. The van der Waals surface area contributed by atoms with Crippen LogP contribution < -0.4 is 14.8 Å². The minimum atomic E-state index is -4.34. The lowest BCUT2D eigenvalue weighted by atomic mass is 9.39. The summed E-state index contributed by atoms with van der Waals surface area (Å²) in [5.74, 6) is -3.67. The number of carbonyl (C=O) groups excluding carboxylic acids is 1. The molecular weight excluding hydrogens is 531 g/mol. The van der Waals surface area contributed by atoms with Crippen LogP contribution in [0.2, 0.25) is 0 Å². The monoisotopic (exact) mass is 558 g/mol. The first-order valence-electron chi connectivity index (χ1n) is 11.7. The predicted molar refractivity (Wildman–Crippen MR) is 132 cm³/mol. The molecule has 12 heteroatoms. The number of hydrogen-bond donors (Lipinski definition) is 2. The van der Waals surface area contributed by atoms with E-state index in [1.807, 2.05) is 0 Å². The van der Waals surface area contributed by atoms with Crippen molar-refractivity contribution in [1.29, 1.82) is 0 Å². The summed E-state index contributed by atoms with van der Waals surface area (Å²) >= 11 is 0. The Morgan fingerprint density at radius 1 is 1.05 bits per heavy atom. The normalized spacial score (nSPS) is 23.0. The molecule has 0 radical (unpaired) electrons. The third kappa shape index (κ3) is 5.15. The van der Waals surface area contributed by atoms with E-state index in [1.54, 1.807) is 12.1 Å². The van der Waals surface area contributed by atoms with E-state index < -0.39 is 51.1 Å². The standard InChI is InChI=1S/C26H27F5N2O4S/c1-16(2)25(27,28)17-4-9-20(22(34)32-24-13-23(14-24,15-24)26(29,30)31)21(12-17)33-38(35)19-7-5-18(6-8-19)37-11-10-36-3/h4-9,12,33H,1,10-11,13-15H2,2-3H3,(H,32,34). The van der Waals surface area contributed by atoms with Gasteiger partial charge < -0.3 is 19.5 Å². The number of allylic oxidation sites excluding steroid dienone is 1. The fourth-order valence-electron chi connectivity index (χ4n) is 4.86. The summed E-state index contributed by atoms with van der Waals surface area (Å²) in [6.45, 7) is 5.15. The Morgan fingerprint density at radius 3 is 2.24 bits per heavy atom. The molecule has 1 atom stereocenters. The molecule has 1 amide bonds. The van der Waals surface area contributed by atoms with Gasteiger partial charge >= 0.3 is 6.18 Å². The van der Waals surface area contributed by atoms with E-state index in [0.717, 1.165) is 25.1 Å². The van der Waals surface area contributed by atoms with Crippen LogP contribution in [0.1, 0.15) is 42.1 Å². The average molecular weight is 559 g/mol. The van der Waals surface area contributed by atoms with Crippen molar-refractivity contribution in [2.45, 2.75) is 48.7 Å². The van der Waals surface area contributed by atoms with E-state index in [9.17, 15) is 31.0 Å². The third-order valence-electron chi connectivity index (χ3n) is 6.97. The molecule has 0 aliphatic heterocycles. The number of carbonyl (C=O) groups is 1. The van der Waals surface area contributed by atoms with Crippen LogP contribution in [0.25, 0.3) is 0 Å². The molecule has 0 saturated heterocycles. The van der Waals surface area contributed by atoms with Crippen LogP contribution >= 0.6 is 0 Å². The number of methoxy groups -OCH3 is 1. The van der Waals surface area contributed by atoms with E-state index >= 15 is 0 Å². The van der Waals surface area contributed by atoms with Gasteiger partial charge in [-0.05, 0) is 68.2 Å². The van der Waals surface area contributed by atoms with Crippen LogP contribution in [0.15, 0.2) is 59.5 Å². The molecule has 5 rings (SSSR count). The van der Waals surface area contributed by atoms with Gasteiger partial charge in [-0.1, -0.05) is 12.6 Å². The number of halogens is 5. The third-order valence-corrected chi connectivity index (χ3v) is 8.08. The van der Waals surface area contributed by atoms with E-state index in [2.05, 4.69) is 16.6 Å². The van der Waals surface area contributed by atoms with Crippen molar-refractivity contribution in [3.63, 3.8) is 0 Å². The van der Waals surface area contributed by atoms with Crippen LogP contribution in [0.4, 0.5) is 27.6 Å². The van der Waals surface area contributed by atoms with Gasteiger partial charge in [0.2, 0.25) is 0 Å². The summed E-state index contributed by atoms with van der Waals surface area (Å²) in [4.78, 5) is 13.3. The van der Waals surface area contributed by atoms with Gasteiger partial charge in [0.25, 0.3) is 11.8 Å². The molecule has 2 aromatic rings. The maximum Gasteiger partial charge on any atom is 0.394 e. The smallest absolute Gasteiger partial charge is 0.394 e. The van der Waals surface area contributed by atoms with Gasteiger partial charge in [0.15, 0.2) is 0 Å². The zero-order chi connectivity index (χ0) is 27.9. The SMILES string of the molecule is C=C(C)C(F)(F)c1ccc(C(=O)NC23CC(C(F)(F)F)(C2)C3)c(NS(=O)c2ccc(OCCOC)cc2)c1. The lowest BCUT2D eigenvalue weighted by Gasteiger charge is -2.70. The fourth-order valence-corrected chi connectivity index (χ4v) is 5.73. The molecule has 38 heavy (non-hydrogen) atoms. The van der Waals surface area contributed by atoms with Crippen molar-refractivity contribution in [3.05, 3.63) is 65.7 Å². The van der Waals surface area contributed by atoms with E-state index in [4.69, 9.17) is 9.47 Å². The second-order valence-corrected chi connectivity index (χ2v) is 11.1. The number of ether oxygens (including phenoxy) is 2. The summed E-state index contributed by atoms with van der Waals surface area (Å²) in [6.07, 6.45) is -5.03. The van der Waals surface area contributed by atoms with Gasteiger partial charge in [-0.15, -0.1) is 0 Å². The van der Waals surface area contributed by atoms with Crippen LogP contribution in [0.5, 0.6) is 5.75 Å². The molecule has 3 aliphatic rings. The number of rotatable bonds is 11. The quantitative estimate of drug-likeness (QED) is 0.210. The van der Waals surface area contributed by atoms with Crippen LogP contribution in [0.3, 0.4) is 0 Å². The summed E-state index contributed by atoms with van der Waals surface area (Å²) in [5, 5.41) is 2.63. The Hall–Kier alpha value is -2.99. The molecule has 206 valence electrons. The Labute approximate surface area is 219 Å². The molecule has 2 aromatic carbocycles. The molecule has 0 spiro atoms. The minimum Gasteiger partial charge on any atom is -0.491 e. The van der Waals surface area contributed by atoms with Gasteiger partial charge in [0, 0.05) is 18.2 Å². The van der Waals surface area contributed by atoms with E-state index in [-0.39, 0.29) is 35.4 Å². The molecule has 1 unspecified atom stereocenters. The molecule has 6 nitrogen and oxygen atoms in total. The number of hydrogen-bond acceptors (Lipinski definition) is 4. The lowest BCUT2D eigenvalue weighted by molar-refractivity contribution is -0.336. The minimum absolute atomic E-state index is 0.120. The van der Waals surface area contributed by atoms with Gasteiger partial charge in [0.1, 0.15) is 23.3 Å². The molecule has 2 bridgehead atoms. The first-order valence-corrected chi connectivity index (χ1v) is 12.8. The molecule has 0 aromatic heterocycles. The first-order chi connectivity index (χ1) is 17.7. The number of anilines is 1. The Balaban J connectivity index is 1.55. The molecular formula is C26H27F5N2O4S. The number of benzene rings is 2. The zero-order valence-electron chi connectivity index (χ0n) is 20.7. The summed E-state index contributed by atoms with van der Waals surface area (Å²) in [5.41, 5.74) is -3.94. The fraction of sp³-hybridized carbons (Fsp3) is 0.423. The average Bonchev–Trinajstić information content (AvgIpc) is 2.79. The molecule has 2 N–H and O–H groups in total. The second-order valence-electron chi connectivity index (χ2n) is 9.84. The van der Waals surface area contributed by atoms with Crippen LogP contribution in [-0.4, -0.2) is 42.2 Å². The van der Waals surface area contributed by atoms with Gasteiger partial charge in [-0.2, -0.15) is 22.0 Å². The highest BCUT2D eigenvalue weighted by Gasteiger charge is 2.79. The second kappa shape index (κ2) is 9.96.